The van der Waals surface area contributed by atoms with E-state index in [1.165, 1.54) is 32.0 Å². The van der Waals surface area contributed by atoms with Crippen LogP contribution in [-0.2, 0) is 0 Å². The minimum atomic E-state index is -0.523. The van der Waals surface area contributed by atoms with Crippen molar-refractivity contribution < 1.29 is 23.5 Å². The van der Waals surface area contributed by atoms with E-state index in [9.17, 15) is 9.59 Å². The Kier molecular flexibility index (Phi) is 5.81. The van der Waals surface area contributed by atoms with Gasteiger partial charge < -0.3 is 13.9 Å². The van der Waals surface area contributed by atoms with E-state index in [1.54, 1.807) is 43.3 Å². The van der Waals surface area contributed by atoms with E-state index in [0.717, 1.165) is 0 Å². The summed E-state index contributed by atoms with van der Waals surface area (Å²) in [6.45, 7) is 1.69. The molecule has 0 saturated carbocycles. The molecule has 1 aromatic carbocycles. The lowest BCUT2D eigenvalue weighted by atomic mass is 10.2. The number of hydrazone groups is 1. The Morgan fingerprint density at radius 2 is 1.93 bits per heavy atom. The molecule has 0 aliphatic heterocycles. The molecule has 0 aliphatic rings. The number of furan rings is 1. The number of ether oxygens (including phenoxy) is 2. The fourth-order valence-corrected chi connectivity index (χ4v) is 2.34. The number of esters is 1. The minimum Gasteiger partial charge on any atom is -0.493 e. The summed E-state index contributed by atoms with van der Waals surface area (Å²) in [6, 6.07) is 9.57. The summed E-state index contributed by atoms with van der Waals surface area (Å²) >= 11 is 0. The number of hydrogen-bond donors (Lipinski definition) is 1. The van der Waals surface area contributed by atoms with Gasteiger partial charge in [0.1, 0.15) is 5.76 Å². The lowest BCUT2D eigenvalue weighted by molar-refractivity contribution is 0.0729. The fraction of sp³-hybridized carbons (Fsp3) is 0.100. The third-order valence-corrected chi connectivity index (χ3v) is 3.79. The van der Waals surface area contributed by atoms with Crippen molar-refractivity contribution in [1.82, 2.24) is 10.4 Å². The van der Waals surface area contributed by atoms with Crippen LogP contribution >= 0.6 is 0 Å². The summed E-state index contributed by atoms with van der Waals surface area (Å²) in [5, 5.41) is 3.92. The number of aromatic nitrogens is 1. The van der Waals surface area contributed by atoms with Crippen molar-refractivity contribution in [3.8, 4) is 11.5 Å². The molecule has 0 radical (unpaired) electrons. The largest absolute Gasteiger partial charge is 0.493 e. The highest BCUT2D eigenvalue weighted by atomic mass is 16.6. The van der Waals surface area contributed by atoms with E-state index in [4.69, 9.17) is 13.9 Å². The zero-order valence-corrected chi connectivity index (χ0v) is 15.2. The summed E-state index contributed by atoms with van der Waals surface area (Å²) in [5.74, 6) is 0.222. The fourth-order valence-electron chi connectivity index (χ4n) is 2.34. The van der Waals surface area contributed by atoms with Crippen LogP contribution in [-0.4, -0.2) is 30.2 Å². The number of nitrogens with zero attached hydrogens (tertiary/aromatic N) is 2. The van der Waals surface area contributed by atoms with E-state index in [2.05, 4.69) is 15.5 Å². The molecule has 0 unspecified atom stereocenters. The van der Waals surface area contributed by atoms with Crippen LogP contribution in [0.3, 0.4) is 0 Å². The molecule has 0 spiro atoms. The normalized spacial score (nSPS) is 10.6. The summed E-state index contributed by atoms with van der Waals surface area (Å²) in [6.07, 6.45) is 5.90. The first-order valence-corrected chi connectivity index (χ1v) is 8.26. The van der Waals surface area contributed by atoms with Gasteiger partial charge in [0.2, 0.25) is 0 Å². The van der Waals surface area contributed by atoms with Crippen molar-refractivity contribution in [3.05, 3.63) is 77.5 Å². The van der Waals surface area contributed by atoms with Crippen LogP contribution in [0.1, 0.15) is 32.0 Å². The lowest BCUT2D eigenvalue weighted by Gasteiger charge is -2.09. The minimum absolute atomic E-state index is 0.263. The molecule has 0 atom stereocenters. The number of hydrogen-bond acceptors (Lipinski definition) is 7. The van der Waals surface area contributed by atoms with Crippen molar-refractivity contribution in [2.45, 2.75) is 6.92 Å². The van der Waals surface area contributed by atoms with Crippen LogP contribution in [0.5, 0.6) is 11.5 Å². The zero-order valence-electron chi connectivity index (χ0n) is 15.2. The molecule has 3 rings (SSSR count). The maximum atomic E-state index is 12.2. The Labute approximate surface area is 160 Å². The van der Waals surface area contributed by atoms with Crippen LogP contribution in [0.15, 0.2) is 64.6 Å². The number of carbonyl (C=O) groups is 2. The molecule has 2 aromatic heterocycles. The predicted molar refractivity (Wildman–Crippen MR) is 101 cm³/mol. The van der Waals surface area contributed by atoms with E-state index in [-0.39, 0.29) is 11.7 Å². The molecule has 0 aliphatic carbocycles. The number of nitrogens with one attached hydrogen (secondary N) is 1. The van der Waals surface area contributed by atoms with Gasteiger partial charge in [-0.15, -0.1) is 0 Å². The first-order valence-electron chi connectivity index (χ1n) is 8.26. The van der Waals surface area contributed by atoms with Gasteiger partial charge in [0.05, 0.1) is 30.7 Å². The quantitative estimate of drug-likeness (QED) is 0.306. The first kappa shape index (κ1) is 18.8. The van der Waals surface area contributed by atoms with Crippen molar-refractivity contribution in [3.63, 3.8) is 0 Å². The third-order valence-electron chi connectivity index (χ3n) is 3.79. The highest BCUT2D eigenvalue weighted by Gasteiger charge is 2.13. The average molecular weight is 379 g/mol. The predicted octanol–water partition coefficient (Wildman–Crippen LogP) is 2.97. The Hall–Kier alpha value is -3.94. The summed E-state index contributed by atoms with van der Waals surface area (Å²) in [5.41, 5.74) is 3.85. The standard InChI is InChI=1S/C20H17N3O5/c1-13-16(7-10-27-13)19(24)23-22-12-14-3-4-17(18(11-14)26-2)28-20(25)15-5-8-21-9-6-15/h3-12H,1-2H3,(H,23,24)/b22-12-. The van der Waals surface area contributed by atoms with E-state index < -0.39 is 5.97 Å². The number of amides is 1. The maximum absolute atomic E-state index is 12.2. The molecule has 1 N–H and O–H groups in total. The second kappa shape index (κ2) is 8.63. The summed E-state index contributed by atoms with van der Waals surface area (Å²) in [4.78, 5) is 28.0. The molecule has 2 heterocycles. The van der Waals surface area contributed by atoms with E-state index in [1.807, 2.05) is 0 Å². The molecular formula is C20H17N3O5. The molecule has 3 aromatic rings. The van der Waals surface area contributed by atoms with E-state index in [0.29, 0.717) is 28.2 Å². The SMILES string of the molecule is COc1cc(/C=N\NC(=O)c2ccoc2C)ccc1OC(=O)c1ccncc1. The van der Waals surface area contributed by atoms with Gasteiger partial charge in [-0.1, -0.05) is 0 Å². The monoisotopic (exact) mass is 379 g/mol. The molecule has 8 nitrogen and oxygen atoms in total. The second-order valence-electron chi connectivity index (χ2n) is 5.63. The smallest absolute Gasteiger partial charge is 0.343 e. The van der Waals surface area contributed by atoms with Crippen LogP contribution in [0.2, 0.25) is 0 Å². The average Bonchev–Trinajstić information content (AvgIpc) is 3.15. The molecular weight excluding hydrogens is 362 g/mol. The van der Waals surface area contributed by atoms with Gasteiger partial charge in [0, 0.05) is 12.4 Å². The lowest BCUT2D eigenvalue weighted by Crippen LogP contribution is -2.17. The van der Waals surface area contributed by atoms with Crippen LogP contribution in [0, 0.1) is 6.92 Å². The molecule has 1 amide bonds. The Morgan fingerprint density at radius 3 is 2.61 bits per heavy atom. The van der Waals surface area contributed by atoms with Crippen molar-refractivity contribution in [1.29, 1.82) is 0 Å². The van der Waals surface area contributed by atoms with Gasteiger partial charge >= 0.3 is 5.97 Å². The zero-order chi connectivity index (χ0) is 19.9. The van der Waals surface area contributed by atoms with Gasteiger partial charge in [0.25, 0.3) is 5.91 Å². The van der Waals surface area contributed by atoms with Gasteiger partial charge in [-0.2, -0.15) is 5.10 Å². The van der Waals surface area contributed by atoms with Crippen LogP contribution in [0.4, 0.5) is 0 Å². The maximum Gasteiger partial charge on any atom is 0.343 e. The molecule has 142 valence electrons. The Morgan fingerprint density at radius 1 is 1.14 bits per heavy atom. The van der Waals surface area contributed by atoms with E-state index >= 15 is 0 Å². The van der Waals surface area contributed by atoms with Gasteiger partial charge in [-0.05, 0) is 48.9 Å². The topological polar surface area (TPSA) is 103 Å². The number of rotatable bonds is 6. The molecule has 28 heavy (non-hydrogen) atoms. The summed E-state index contributed by atoms with van der Waals surface area (Å²) < 4.78 is 15.7. The third kappa shape index (κ3) is 4.42. The molecule has 0 fully saturated rings. The number of aryl methyl sites for hydroxylation is 1. The van der Waals surface area contributed by atoms with Crippen molar-refractivity contribution in [2.75, 3.05) is 7.11 Å². The molecule has 0 bridgehead atoms. The van der Waals surface area contributed by atoms with Gasteiger partial charge in [-0.25, -0.2) is 10.2 Å². The van der Waals surface area contributed by atoms with Crippen LogP contribution in [0.25, 0.3) is 0 Å². The van der Waals surface area contributed by atoms with Crippen molar-refractivity contribution >= 4 is 18.1 Å². The highest BCUT2D eigenvalue weighted by Crippen LogP contribution is 2.28. The molecule has 0 saturated heterocycles. The van der Waals surface area contributed by atoms with Crippen LogP contribution < -0.4 is 14.9 Å². The van der Waals surface area contributed by atoms with Gasteiger partial charge in [0.15, 0.2) is 11.5 Å². The number of methoxy groups -OCH3 is 1. The summed E-state index contributed by atoms with van der Waals surface area (Å²) in [7, 11) is 1.46. The second-order valence-corrected chi connectivity index (χ2v) is 5.63. The van der Waals surface area contributed by atoms with Crippen molar-refractivity contribution in [2.24, 2.45) is 5.10 Å². The highest BCUT2D eigenvalue weighted by molar-refractivity contribution is 5.95. The number of pyridine rings is 1. The first-order chi connectivity index (χ1) is 13.6. The number of benzene rings is 1. The number of carbonyl (C=O) groups excluding carboxylic acids is 2. The Balaban J connectivity index is 1.68. The van der Waals surface area contributed by atoms with Gasteiger partial charge in [-0.3, -0.25) is 9.78 Å². The molecule has 8 heteroatoms. The Bertz CT molecular complexity index is 1010.